The zero-order valence-electron chi connectivity index (χ0n) is 10.1. The number of benzene rings is 2. The third-order valence-corrected chi connectivity index (χ3v) is 3.12. The number of phenolic OH excluding ortho intramolecular Hbond substituents is 2. The zero-order chi connectivity index (χ0) is 12.9. The number of hydrogen-bond donors (Lipinski definition) is 3. The summed E-state index contributed by atoms with van der Waals surface area (Å²) < 4.78 is 0. The van der Waals surface area contributed by atoms with E-state index in [1.165, 1.54) is 6.07 Å². The van der Waals surface area contributed by atoms with E-state index in [9.17, 15) is 15.0 Å². The predicted molar refractivity (Wildman–Crippen MR) is 77.4 cm³/mol. The maximum Gasteiger partial charge on any atom is 0.260 e. The standard InChI is InChI=1S/C14H11NO3.ClH/c1-7-5-8(16)6-10-9-3-2-4-11(17)12(9)14(18)15-13(7)10;/h2-6,16-17H,1H3,(H,15,18);1H. The van der Waals surface area contributed by atoms with Crippen LogP contribution in [0.4, 0.5) is 0 Å². The van der Waals surface area contributed by atoms with Gasteiger partial charge in [0.15, 0.2) is 0 Å². The van der Waals surface area contributed by atoms with Gasteiger partial charge in [0.1, 0.15) is 11.5 Å². The predicted octanol–water partition coefficient (Wildman–Crippen LogP) is 2.82. The van der Waals surface area contributed by atoms with Gasteiger partial charge in [0.25, 0.3) is 5.56 Å². The van der Waals surface area contributed by atoms with Gasteiger partial charge in [-0.05, 0) is 30.7 Å². The van der Waals surface area contributed by atoms with Crippen molar-refractivity contribution < 1.29 is 10.2 Å². The lowest BCUT2D eigenvalue weighted by Gasteiger charge is -2.07. The molecule has 0 aliphatic heterocycles. The van der Waals surface area contributed by atoms with Crippen molar-refractivity contribution >= 4 is 34.1 Å². The zero-order valence-corrected chi connectivity index (χ0v) is 10.9. The summed E-state index contributed by atoms with van der Waals surface area (Å²) in [6.45, 7) is 1.81. The van der Waals surface area contributed by atoms with E-state index < -0.39 is 0 Å². The monoisotopic (exact) mass is 277 g/mol. The topological polar surface area (TPSA) is 73.3 Å². The number of phenols is 2. The van der Waals surface area contributed by atoms with Crippen LogP contribution in [0.3, 0.4) is 0 Å². The van der Waals surface area contributed by atoms with Crippen LogP contribution in [-0.4, -0.2) is 15.2 Å². The molecule has 0 aliphatic carbocycles. The fraction of sp³-hybridized carbons (Fsp3) is 0.0714. The number of aryl methyl sites for hydroxylation is 1. The summed E-state index contributed by atoms with van der Waals surface area (Å²) in [5.41, 5.74) is 1.13. The van der Waals surface area contributed by atoms with Gasteiger partial charge >= 0.3 is 0 Å². The van der Waals surface area contributed by atoms with Gasteiger partial charge in [0.2, 0.25) is 0 Å². The van der Waals surface area contributed by atoms with Crippen LogP contribution in [0.5, 0.6) is 11.5 Å². The number of rotatable bonds is 0. The molecule has 0 radical (unpaired) electrons. The molecule has 2 aromatic carbocycles. The van der Waals surface area contributed by atoms with E-state index in [2.05, 4.69) is 4.98 Å². The Morgan fingerprint density at radius 1 is 1.11 bits per heavy atom. The molecule has 0 fully saturated rings. The lowest BCUT2D eigenvalue weighted by Crippen LogP contribution is -2.07. The van der Waals surface area contributed by atoms with Gasteiger partial charge in [-0.2, -0.15) is 0 Å². The number of aromatic hydroxyl groups is 2. The maximum atomic E-state index is 12.0. The molecule has 1 aromatic heterocycles. The lowest BCUT2D eigenvalue weighted by atomic mass is 10.0. The molecule has 0 bridgehead atoms. The molecule has 0 spiro atoms. The third-order valence-electron chi connectivity index (χ3n) is 3.12. The third kappa shape index (κ3) is 1.90. The first-order valence-electron chi connectivity index (χ1n) is 5.55. The molecule has 3 N–H and O–H groups in total. The average molecular weight is 278 g/mol. The van der Waals surface area contributed by atoms with Crippen molar-refractivity contribution in [1.82, 2.24) is 4.98 Å². The largest absolute Gasteiger partial charge is 0.508 e. The minimum Gasteiger partial charge on any atom is -0.508 e. The molecule has 0 aliphatic rings. The summed E-state index contributed by atoms with van der Waals surface area (Å²) in [6, 6.07) is 8.08. The summed E-state index contributed by atoms with van der Waals surface area (Å²) in [5, 5.41) is 21.0. The SMILES string of the molecule is Cc1cc(O)cc2c1[nH]c(=O)c1c(O)cccc12.Cl. The number of fused-ring (bicyclic) bond motifs is 3. The highest BCUT2D eigenvalue weighted by Gasteiger charge is 2.10. The fourth-order valence-electron chi connectivity index (χ4n) is 2.33. The highest BCUT2D eigenvalue weighted by Crippen LogP contribution is 2.30. The number of nitrogens with one attached hydrogen (secondary N) is 1. The van der Waals surface area contributed by atoms with E-state index in [1.807, 2.05) is 6.92 Å². The number of pyridine rings is 1. The first kappa shape index (κ1) is 13.2. The minimum atomic E-state index is -0.329. The molecule has 98 valence electrons. The van der Waals surface area contributed by atoms with Crippen LogP contribution in [0.15, 0.2) is 35.1 Å². The van der Waals surface area contributed by atoms with Crippen LogP contribution >= 0.6 is 12.4 Å². The summed E-state index contributed by atoms with van der Waals surface area (Å²) in [6.07, 6.45) is 0. The van der Waals surface area contributed by atoms with Crippen molar-refractivity contribution in [1.29, 1.82) is 0 Å². The molecular formula is C14H12ClNO3. The van der Waals surface area contributed by atoms with Crippen molar-refractivity contribution in [3.8, 4) is 11.5 Å². The van der Waals surface area contributed by atoms with Gasteiger partial charge in [-0.25, -0.2) is 0 Å². The summed E-state index contributed by atoms with van der Waals surface area (Å²) in [5.74, 6) is 0.0772. The summed E-state index contributed by atoms with van der Waals surface area (Å²) in [7, 11) is 0. The van der Waals surface area contributed by atoms with Crippen molar-refractivity contribution in [2.24, 2.45) is 0 Å². The molecule has 0 amide bonds. The van der Waals surface area contributed by atoms with Crippen LogP contribution in [0, 0.1) is 6.92 Å². The Morgan fingerprint density at radius 2 is 1.84 bits per heavy atom. The Hall–Kier alpha value is -2.20. The van der Waals surface area contributed by atoms with Crippen molar-refractivity contribution in [2.75, 3.05) is 0 Å². The molecule has 1 heterocycles. The number of aromatic amines is 1. The second-order valence-corrected chi connectivity index (χ2v) is 4.34. The van der Waals surface area contributed by atoms with Crippen molar-refractivity contribution in [3.63, 3.8) is 0 Å². The van der Waals surface area contributed by atoms with E-state index in [4.69, 9.17) is 0 Å². The smallest absolute Gasteiger partial charge is 0.260 e. The Bertz CT molecular complexity index is 839. The number of H-pyrrole nitrogens is 1. The minimum absolute atomic E-state index is 0. The second-order valence-electron chi connectivity index (χ2n) is 4.34. The quantitative estimate of drug-likeness (QED) is 0.553. The number of halogens is 1. The molecule has 19 heavy (non-hydrogen) atoms. The first-order chi connectivity index (χ1) is 8.58. The molecule has 3 aromatic rings. The highest BCUT2D eigenvalue weighted by atomic mass is 35.5. The molecule has 4 nitrogen and oxygen atoms in total. The molecule has 0 unspecified atom stereocenters. The number of aromatic nitrogens is 1. The normalized spacial score (nSPS) is 10.6. The van der Waals surface area contributed by atoms with Crippen LogP contribution in [0.2, 0.25) is 0 Å². The second kappa shape index (κ2) is 4.48. The molecular weight excluding hydrogens is 266 g/mol. The lowest BCUT2D eigenvalue weighted by molar-refractivity contribution is 0.475. The Kier molecular flexibility index (Phi) is 3.12. The van der Waals surface area contributed by atoms with Crippen LogP contribution in [0.25, 0.3) is 21.7 Å². The van der Waals surface area contributed by atoms with Gasteiger partial charge in [0.05, 0.1) is 10.9 Å². The van der Waals surface area contributed by atoms with Gasteiger partial charge in [-0.1, -0.05) is 12.1 Å². The first-order valence-corrected chi connectivity index (χ1v) is 5.55. The van der Waals surface area contributed by atoms with E-state index in [0.717, 1.165) is 10.9 Å². The van der Waals surface area contributed by atoms with Crippen molar-refractivity contribution in [3.05, 3.63) is 46.2 Å². The van der Waals surface area contributed by atoms with Gasteiger partial charge in [-0.3, -0.25) is 4.79 Å². The Labute approximate surface area is 114 Å². The molecule has 0 atom stereocenters. The summed E-state index contributed by atoms with van der Waals surface area (Å²) >= 11 is 0. The van der Waals surface area contributed by atoms with Gasteiger partial charge in [-0.15, -0.1) is 12.4 Å². The van der Waals surface area contributed by atoms with E-state index in [1.54, 1.807) is 24.3 Å². The van der Waals surface area contributed by atoms with Crippen LogP contribution in [0.1, 0.15) is 5.56 Å². The van der Waals surface area contributed by atoms with Gasteiger partial charge in [0, 0.05) is 10.8 Å². The molecule has 5 heteroatoms. The highest BCUT2D eigenvalue weighted by molar-refractivity contribution is 6.08. The van der Waals surface area contributed by atoms with Crippen LogP contribution < -0.4 is 5.56 Å². The van der Waals surface area contributed by atoms with E-state index >= 15 is 0 Å². The molecule has 0 saturated heterocycles. The maximum absolute atomic E-state index is 12.0. The fourth-order valence-corrected chi connectivity index (χ4v) is 2.33. The van der Waals surface area contributed by atoms with Gasteiger partial charge < -0.3 is 15.2 Å². The number of hydrogen-bond acceptors (Lipinski definition) is 3. The van der Waals surface area contributed by atoms with Crippen molar-refractivity contribution in [2.45, 2.75) is 6.92 Å². The Balaban J connectivity index is 0.00000133. The van der Waals surface area contributed by atoms with E-state index in [0.29, 0.717) is 10.9 Å². The van der Waals surface area contributed by atoms with Crippen LogP contribution in [-0.2, 0) is 0 Å². The Morgan fingerprint density at radius 3 is 2.58 bits per heavy atom. The molecule has 0 saturated carbocycles. The van der Waals surface area contributed by atoms with E-state index in [-0.39, 0.29) is 34.9 Å². The average Bonchev–Trinajstić information content (AvgIpc) is 2.31. The summed E-state index contributed by atoms with van der Waals surface area (Å²) in [4.78, 5) is 14.7. The molecule has 3 rings (SSSR count).